The van der Waals surface area contributed by atoms with Crippen molar-refractivity contribution in [3.05, 3.63) is 29.0 Å². The fourth-order valence-corrected chi connectivity index (χ4v) is 7.68. The van der Waals surface area contributed by atoms with Crippen LogP contribution in [0.5, 0.6) is 0 Å². The molecule has 1 nitrogen and oxygen atoms in total. The standard InChI is InChI=1S/C24H36O/c1-5-6-16(2)20-9-10-21-19-8-7-17-15-18(25)11-13-23(17,3)22(19)12-14-24(20,21)4/h5,7,18-22,25H,8-15H2,1-4H3/t6?,18-,19?,20?,21?,22?,23-,24+/m0/s1. The van der Waals surface area contributed by atoms with Crippen LogP contribution in [0.3, 0.4) is 0 Å². The number of aliphatic hydroxyl groups is 1. The van der Waals surface area contributed by atoms with Gasteiger partial charge in [0.15, 0.2) is 0 Å². The van der Waals surface area contributed by atoms with Gasteiger partial charge >= 0.3 is 0 Å². The third-order valence-corrected chi connectivity index (χ3v) is 8.97. The molecule has 1 N–H and O–H groups in total. The van der Waals surface area contributed by atoms with Gasteiger partial charge in [-0.05, 0) is 111 Å². The summed E-state index contributed by atoms with van der Waals surface area (Å²) < 4.78 is 0. The minimum atomic E-state index is -0.0887. The molecule has 4 aliphatic carbocycles. The van der Waals surface area contributed by atoms with Gasteiger partial charge in [0.2, 0.25) is 0 Å². The third kappa shape index (κ3) is 2.54. The second-order valence-electron chi connectivity index (χ2n) is 9.95. The lowest BCUT2D eigenvalue weighted by atomic mass is 9.47. The van der Waals surface area contributed by atoms with E-state index in [2.05, 4.69) is 45.6 Å². The van der Waals surface area contributed by atoms with Crippen LogP contribution < -0.4 is 0 Å². The van der Waals surface area contributed by atoms with Gasteiger partial charge in [0.05, 0.1) is 6.10 Å². The quantitative estimate of drug-likeness (QED) is 0.455. The Morgan fingerprint density at radius 3 is 2.72 bits per heavy atom. The van der Waals surface area contributed by atoms with Gasteiger partial charge in [-0.25, -0.2) is 0 Å². The van der Waals surface area contributed by atoms with Crippen molar-refractivity contribution < 1.29 is 5.11 Å². The van der Waals surface area contributed by atoms with Gasteiger partial charge < -0.3 is 5.11 Å². The minimum absolute atomic E-state index is 0.0887. The van der Waals surface area contributed by atoms with Gasteiger partial charge in [0, 0.05) is 0 Å². The smallest absolute Gasteiger partial charge is 0.0577 e. The lowest BCUT2D eigenvalue weighted by Crippen LogP contribution is -2.50. The van der Waals surface area contributed by atoms with E-state index in [1.807, 2.05) is 0 Å². The van der Waals surface area contributed by atoms with Gasteiger partial charge in [-0.3, -0.25) is 0 Å². The summed E-state index contributed by atoms with van der Waals surface area (Å²) in [5.74, 6) is 3.33. The highest BCUT2D eigenvalue weighted by Crippen LogP contribution is 2.67. The predicted molar refractivity (Wildman–Crippen MR) is 104 cm³/mol. The van der Waals surface area contributed by atoms with Crippen molar-refractivity contribution in [3.63, 3.8) is 0 Å². The normalized spacial score (nSPS) is 48.5. The van der Waals surface area contributed by atoms with E-state index < -0.39 is 0 Å². The van der Waals surface area contributed by atoms with Crippen molar-refractivity contribution in [3.8, 4) is 0 Å². The monoisotopic (exact) mass is 340 g/mol. The second-order valence-corrected chi connectivity index (χ2v) is 9.95. The van der Waals surface area contributed by atoms with Crippen molar-refractivity contribution in [2.45, 2.75) is 85.2 Å². The number of allylic oxidation sites excluding steroid dienone is 2. The van der Waals surface area contributed by atoms with Crippen LogP contribution in [-0.2, 0) is 0 Å². The van der Waals surface area contributed by atoms with Crippen LogP contribution in [0.25, 0.3) is 0 Å². The largest absolute Gasteiger partial charge is 0.393 e. The molecule has 25 heavy (non-hydrogen) atoms. The van der Waals surface area contributed by atoms with Crippen molar-refractivity contribution >= 4 is 0 Å². The number of hydrogen-bond acceptors (Lipinski definition) is 1. The Morgan fingerprint density at radius 1 is 1.16 bits per heavy atom. The third-order valence-electron chi connectivity index (χ3n) is 8.97. The molecule has 4 rings (SSSR count). The molecular weight excluding hydrogens is 304 g/mol. The summed E-state index contributed by atoms with van der Waals surface area (Å²) in [5, 5.41) is 10.1. The van der Waals surface area contributed by atoms with Crippen molar-refractivity contribution in [2.75, 3.05) is 0 Å². The Labute approximate surface area is 154 Å². The zero-order valence-corrected chi connectivity index (χ0v) is 16.6. The highest BCUT2D eigenvalue weighted by Gasteiger charge is 2.58. The molecule has 0 spiro atoms. The fourth-order valence-electron chi connectivity index (χ4n) is 7.68. The highest BCUT2D eigenvalue weighted by molar-refractivity contribution is 5.26. The van der Waals surface area contributed by atoms with Crippen molar-refractivity contribution in [2.24, 2.45) is 34.5 Å². The fraction of sp³-hybridized carbons (Fsp3) is 0.792. The van der Waals surface area contributed by atoms with Gasteiger partial charge in [-0.1, -0.05) is 25.5 Å². The van der Waals surface area contributed by atoms with E-state index in [-0.39, 0.29) is 6.10 Å². The van der Waals surface area contributed by atoms with E-state index in [0.29, 0.717) is 10.8 Å². The van der Waals surface area contributed by atoms with Crippen LogP contribution in [0, 0.1) is 34.5 Å². The zero-order valence-electron chi connectivity index (χ0n) is 16.6. The molecule has 4 unspecified atom stereocenters. The Hall–Kier alpha value is -0.780. The molecule has 0 aromatic carbocycles. The Bertz CT molecular complexity index is 636. The zero-order chi connectivity index (χ0) is 17.8. The average molecular weight is 341 g/mol. The van der Waals surface area contributed by atoms with Crippen molar-refractivity contribution in [1.29, 1.82) is 0 Å². The molecule has 0 aliphatic heterocycles. The van der Waals surface area contributed by atoms with Gasteiger partial charge in [0.1, 0.15) is 0 Å². The number of aliphatic hydroxyl groups excluding tert-OH is 1. The van der Waals surface area contributed by atoms with E-state index in [4.69, 9.17) is 0 Å². The number of fused-ring (bicyclic) bond motifs is 5. The van der Waals surface area contributed by atoms with E-state index in [1.54, 1.807) is 5.57 Å². The lowest BCUT2D eigenvalue weighted by molar-refractivity contribution is -0.0453. The molecule has 0 aromatic rings. The topological polar surface area (TPSA) is 20.2 Å². The summed E-state index contributed by atoms with van der Waals surface area (Å²) >= 11 is 0. The summed E-state index contributed by atoms with van der Waals surface area (Å²) in [6.07, 6.45) is 14.5. The van der Waals surface area contributed by atoms with Crippen LogP contribution >= 0.6 is 0 Å². The van der Waals surface area contributed by atoms with Crippen LogP contribution in [0.1, 0.15) is 79.1 Å². The Morgan fingerprint density at radius 2 is 1.96 bits per heavy atom. The van der Waals surface area contributed by atoms with E-state index in [1.165, 1.54) is 44.1 Å². The van der Waals surface area contributed by atoms with Gasteiger partial charge in [0.25, 0.3) is 0 Å². The first-order valence-corrected chi connectivity index (χ1v) is 10.7. The summed E-state index contributed by atoms with van der Waals surface area (Å²) in [6, 6.07) is 0. The summed E-state index contributed by atoms with van der Waals surface area (Å²) in [7, 11) is 0. The molecule has 0 heterocycles. The minimum Gasteiger partial charge on any atom is -0.393 e. The highest BCUT2D eigenvalue weighted by atomic mass is 16.3. The summed E-state index contributed by atoms with van der Waals surface area (Å²) in [5.41, 5.74) is 7.47. The first-order valence-electron chi connectivity index (χ1n) is 10.7. The van der Waals surface area contributed by atoms with Crippen LogP contribution in [0.2, 0.25) is 0 Å². The molecule has 7 atom stereocenters. The molecule has 0 amide bonds. The van der Waals surface area contributed by atoms with Crippen LogP contribution in [0.4, 0.5) is 0 Å². The molecule has 3 fully saturated rings. The van der Waals surface area contributed by atoms with E-state index in [0.717, 1.165) is 36.5 Å². The molecule has 0 bridgehead atoms. The molecule has 3 saturated carbocycles. The van der Waals surface area contributed by atoms with Crippen LogP contribution in [-0.4, -0.2) is 11.2 Å². The van der Waals surface area contributed by atoms with Gasteiger partial charge in [-0.2, -0.15) is 0 Å². The maximum absolute atomic E-state index is 10.1. The number of rotatable bonds is 1. The van der Waals surface area contributed by atoms with Crippen LogP contribution in [0.15, 0.2) is 29.0 Å². The molecule has 0 saturated heterocycles. The SMILES string of the molecule is CC=C=C(C)C1CCC2C3CC=C4C[C@@H](O)CC[C@]4(C)C3CC[C@]12C. The first kappa shape index (κ1) is 17.6. The van der Waals surface area contributed by atoms with E-state index >= 15 is 0 Å². The average Bonchev–Trinajstić information content (AvgIpc) is 2.93. The molecule has 4 aliphatic rings. The van der Waals surface area contributed by atoms with Crippen molar-refractivity contribution in [1.82, 2.24) is 0 Å². The molecule has 0 aromatic heterocycles. The first-order chi connectivity index (χ1) is 11.9. The maximum Gasteiger partial charge on any atom is 0.0577 e. The maximum atomic E-state index is 10.1. The lowest BCUT2D eigenvalue weighted by Gasteiger charge is -2.58. The molecule has 1 heteroatoms. The second kappa shape index (κ2) is 6.14. The molecule has 0 radical (unpaired) electrons. The number of hydrogen-bond donors (Lipinski definition) is 1. The predicted octanol–water partition coefficient (Wildman–Crippen LogP) is 6.05. The molecular formula is C24H36O. The molecule has 138 valence electrons. The Kier molecular flexibility index (Phi) is 4.33. The summed E-state index contributed by atoms with van der Waals surface area (Å²) in [4.78, 5) is 0. The Balaban J connectivity index is 1.65. The van der Waals surface area contributed by atoms with Gasteiger partial charge in [-0.15, -0.1) is 5.73 Å². The van der Waals surface area contributed by atoms with E-state index in [9.17, 15) is 5.11 Å². The summed E-state index contributed by atoms with van der Waals surface area (Å²) in [6.45, 7) is 9.54.